The lowest BCUT2D eigenvalue weighted by Gasteiger charge is -2.19. The van der Waals surface area contributed by atoms with Gasteiger partial charge in [0.1, 0.15) is 12.1 Å². The van der Waals surface area contributed by atoms with Crippen molar-refractivity contribution in [1.82, 2.24) is 15.2 Å². The van der Waals surface area contributed by atoms with Crippen LogP contribution in [-0.2, 0) is 6.54 Å². The SMILES string of the molecule is C=CCNC(=O)c1coc(CN(CC=C)C(=O)c2ccccc2F)n1. The maximum absolute atomic E-state index is 13.8. The van der Waals surface area contributed by atoms with Crippen molar-refractivity contribution in [3.63, 3.8) is 0 Å². The molecular formula is C18H18FN3O3. The third-order valence-electron chi connectivity index (χ3n) is 3.26. The molecule has 130 valence electrons. The number of benzene rings is 1. The summed E-state index contributed by atoms with van der Waals surface area (Å²) in [6.45, 7) is 7.55. The van der Waals surface area contributed by atoms with E-state index in [0.717, 1.165) is 0 Å². The Kier molecular flexibility index (Phi) is 6.22. The highest BCUT2D eigenvalue weighted by atomic mass is 19.1. The number of carbonyl (C=O) groups is 2. The van der Waals surface area contributed by atoms with Crippen molar-refractivity contribution in [3.8, 4) is 0 Å². The lowest BCUT2D eigenvalue weighted by atomic mass is 10.2. The second kappa shape index (κ2) is 8.58. The first-order chi connectivity index (χ1) is 12.1. The van der Waals surface area contributed by atoms with E-state index in [2.05, 4.69) is 23.5 Å². The van der Waals surface area contributed by atoms with Gasteiger partial charge in [0.05, 0.1) is 12.1 Å². The molecule has 0 saturated heterocycles. The molecule has 0 aliphatic carbocycles. The van der Waals surface area contributed by atoms with Gasteiger partial charge < -0.3 is 14.6 Å². The Balaban J connectivity index is 2.14. The maximum Gasteiger partial charge on any atom is 0.273 e. The smallest absolute Gasteiger partial charge is 0.273 e. The minimum atomic E-state index is -0.613. The average Bonchev–Trinajstić information content (AvgIpc) is 3.08. The van der Waals surface area contributed by atoms with Crippen LogP contribution in [0.4, 0.5) is 4.39 Å². The van der Waals surface area contributed by atoms with E-state index in [0.29, 0.717) is 6.54 Å². The van der Waals surface area contributed by atoms with Gasteiger partial charge in [0, 0.05) is 13.1 Å². The lowest BCUT2D eigenvalue weighted by molar-refractivity contribution is 0.0744. The second-order valence-corrected chi connectivity index (χ2v) is 5.08. The van der Waals surface area contributed by atoms with Gasteiger partial charge in [-0.05, 0) is 12.1 Å². The van der Waals surface area contributed by atoms with Crippen LogP contribution in [0.25, 0.3) is 0 Å². The molecular weight excluding hydrogens is 325 g/mol. The molecule has 2 aromatic rings. The zero-order chi connectivity index (χ0) is 18.2. The normalized spacial score (nSPS) is 10.1. The van der Waals surface area contributed by atoms with E-state index < -0.39 is 17.6 Å². The Morgan fingerprint density at radius 1 is 1.28 bits per heavy atom. The van der Waals surface area contributed by atoms with Crippen molar-refractivity contribution in [2.45, 2.75) is 6.54 Å². The molecule has 1 heterocycles. The highest BCUT2D eigenvalue weighted by Gasteiger charge is 2.21. The number of rotatable bonds is 8. The monoisotopic (exact) mass is 343 g/mol. The largest absolute Gasteiger partial charge is 0.446 e. The number of hydrogen-bond donors (Lipinski definition) is 1. The molecule has 1 aromatic carbocycles. The predicted molar refractivity (Wildman–Crippen MR) is 90.4 cm³/mol. The van der Waals surface area contributed by atoms with E-state index in [1.165, 1.54) is 41.5 Å². The Bertz CT molecular complexity index is 785. The van der Waals surface area contributed by atoms with Gasteiger partial charge in [0.25, 0.3) is 11.8 Å². The Morgan fingerprint density at radius 2 is 2.04 bits per heavy atom. The molecule has 0 aliphatic heterocycles. The third kappa shape index (κ3) is 4.63. The van der Waals surface area contributed by atoms with Gasteiger partial charge in [0.15, 0.2) is 5.69 Å². The summed E-state index contributed by atoms with van der Waals surface area (Å²) in [6, 6.07) is 5.70. The van der Waals surface area contributed by atoms with E-state index >= 15 is 0 Å². The number of oxazole rings is 1. The van der Waals surface area contributed by atoms with Crippen LogP contribution >= 0.6 is 0 Å². The van der Waals surface area contributed by atoms with Crippen molar-refractivity contribution in [1.29, 1.82) is 0 Å². The molecule has 0 atom stereocenters. The Morgan fingerprint density at radius 3 is 2.72 bits per heavy atom. The molecule has 0 aliphatic rings. The van der Waals surface area contributed by atoms with Crippen LogP contribution < -0.4 is 5.32 Å². The van der Waals surface area contributed by atoms with Gasteiger partial charge in [-0.3, -0.25) is 9.59 Å². The van der Waals surface area contributed by atoms with Gasteiger partial charge >= 0.3 is 0 Å². The van der Waals surface area contributed by atoms with Crippen LogP contribution in [-0.4, -0.2) is 34.8 Å². The zero-order valence-corrected chi connectivity index (χ0v) is 13.6. The summed E-state index contributed by atoms with van der Waals surface area (Å²) in [4.78, 5) is 29.7. The molecule has 6 nitrogen and oxygen atoms in total. The van der Waals surface area contributed by atoms with E-state index in [4.69, 9.17) is 4.42 Å². The molecule has 2 amide bonds. The highest BCUT2D eigenvalue weighted by Crippen LogP contribution is 2.13. The van der Waals surface area contributed by atoms with E-state index in [-0.39, 0.29) is 30.2 Å². The Labute approximate surface area is 144 Å². The molecule has 7 heteroatoms. The number of nitrogens with zero attached hydrogens (tertiary/aromatic N) is 2. The molecule has 0 saturated carbocycles. The number of halogens is 1. The van der Waals surface area contributed by atoms with Crippen molar-refractivity contribution >= 4 is 11.8 Å². The third-order valence-corrected chi connectivity index (χ3v) is 3.26. The van der Waals surface area contributed by atoms with Gasteiger partial charge in [-0.1, -0.05) is 24.3 Å². The van der Waals surface area contributed by atoms with Crippen LogP contribution in [0.5, 0.6) is 0 Å². The van der Waals surface area contributed by atoms with Crippen LogP contribution in [0, 0.1) is 5.82 Å². The minimum Gasteiger partial charge on any atom is -0.446 e. The summed E-state index contributed by atoms with van der Waals surface area (Å²) < 4.78 is 19.1. The molecule has 0 bridgehead atoms. The number of amides is 2. The number of aromatic nitrogens is 1. The van der Waals surface area contributed by atoms with E-state index in [1.807, 2.05) is 0 Å². The Hall–Kier alpha value is -3.22. The number of carbonyl (C=O) groups excluding carboxylic acids is 2. The molecule has 0 radical (unpaired) electrons. The van der Waals surface area contributed by atoms with Crippen molar-refractivity contribution in [3.05, 3.63) is 78.8 Å². The van der Waals surface area contributed by atoms with E-state index in [9.17, 15) is 14.0 Å². The summed E-state index contributed by atoms with van der Waals surface area (Å²) in [5.41, 5.74) is 0.0357. The topological polar surface area (TPSA) is 75.4 Å². The fraction of sp³-hybridized carbons (Fsp3) is 0.167. The molecule has 1 aromatic heterocycles. The molecule has 1 N–H and O–H groups in total. The van der Waals surface area contributed by atoms with Crippen LogP contribution in [0.1, 0.15) is 26.7 Å². The minimum absolute atomic E-state index is 0.0199. The van der Waals surface area contributed by atoms with Gasteiger partial charge in [-0.15, -0.1) is 13.2 Å². The van der Waals surface area contributed by atoms with Gasteiger partial charge in [0.2, 0.25) is 5.89 Å². The fourth-order valence-electron chi connectivity index (χ4n) is 2.09. The first-order valence-electron chi connectivity index (χ1n) is 7.55. The summed E-state index contributed by atoms with van der Waals surface area (Å²) in [5.74, 6) is -1.38. The molecule has 25 heavy (non-hydrogen) atoms. The zero-order valence-electron chi connectivity index (χ0n) is 13.6. The lowest BCUT2D eigenvalue weighted by Crippen LogP contribution is -2.31. The van der Waals surface area contributed by atoms with Crippen LogP contribution in [0.15, 0.2) is 60.3 Å². The molecule has 2 rings (SSSR count). The van der Waals surface area contributed by atoms with Gasteiger partial charge in [-0.25, -0.2) is 9.37 Å². The van der Waals surface area contributed by atoms with Crippen molar-refractivity contribution in [2.24, 2.45) is 0 Å². The average molecular weight is 343 g/mol. The summed E-state index contributed by atoms with van der Waals surface area (Å²) in [5, 5.41) is 2.57. The summed E-state index contributed by atoms with van der Waals surface area (Å²) >= 11 is 0. The standard InChI is InChI=1S/C18H18FN3O3/c1-3-9-20-17(23)15-12-25-16(21-15)11-22(10-4-2)18(24)13-7-5-6-8-14(13)19/h3-8,12H,1-2,9-11H2,(H,20,23). The van der Waals surface area contributed by atoms with Crippen molar-refractivity contribution in [2.75, 3.05) is 13.1 Å². The molecule has 0 fully saturated rings. The maximum atomic E-state index is 13.8. The van der Waals surface area contributed by atoms with Crippen molar-refractivity contribution < 1.29 is 18.4 Å². The number of nitrogens with one attached hydrogen (secondary N) is 1. The molecule has 0 spiro atoms. The van der Waals surface area contributed by atoms with Crippen LogP contribution in [0.2, 0.25) is 0 Å². The highest BCUT2D eigenvalue weighted by molar-refractivity contribution is 5.94. The van der Waals surface area contributed by atoms with E-state index in [1.54, 1.807) is 6.07 Å². The quantitative estimate of drug-likeness (QED) is 0.748. The summed E-state index contributed by atoms with van der Waals surface area (Å²) in [7, 11) is 0. The molecule has 0 unspecified atom stereocenters. The predicted octanol–water partition coefficient (Wildman–Crippen LogP) is 2.56. The van der Waals surface area contributed by atoms with Gasteiger partial charge in [-0.2, -0.15) is 0 Å². The van der Waals surface area contributed by atoms with Crippen LogP contribution in [0.3, 0.4) is 0 Å². The first kappa shape index (κ1) is 18.1. The first-order valence-corrected chi connectivity index (χ1v) is 7.55. The second-order valence-electron chi connectivity index (χ2n) is 5.08. The fourth-order valence-corrected chi connectivity index (χ4v) is 2.09. The summed E-state index contributed by atoms with van der Waals surface area (Å²) in [6.07, 6.45) is 4.25. The number of hydrogen-bond acceptors (Lipinski definition) is 4.